The molecular weight excluding hydrogens is 215 g/mol. The molecule has 3 unspecified atom stereocenters. The van der Waals surface area contributed by atoms with E-state index in [1.165, 1.54) is 5.56 Å². The normalized spacial score (nSPS) is 27.3. The van der Waals surface area contributed by atoms with E-state index in [0.717, 1.165) is 25.1 Å². The van der Waals surface area contributed by atoms with Crippen molar-refractivity contribution >= 4 is 0 Å². The van der Waals surface area contributed by atoms with Crippen molar-refractivity contribution in [2.45, 2.75) is 25.6 Å². The van der Waals surface area contributed by atoms with Crippen LogP contribution in [-0.2, 0) is 0 Å². The van der Waals surface area contributed by atoms with Crippen molar-refractivity contribution in [3.05, 3.63) is 35.4 Å². The molecule has 17 heavy (non-hydrogen) atoms. The molecule has 0 radical (unpaired) electrons. The third kappa shape index (κ3) is 2.67. The molecule has 94 valence electrons. The van der Waals surface area contributed by atoms with Gasteiger partial charge < -0.3 is 5.73 Å². The number of alkyl halides is 1. The van der Waals surface area contributed by atoms with Gasteiger partial charge in [0.15, 0.2) is 0 Å². The Hall–Kier alpha value is -0.930. The van der Waals surface area contributed by atoms with Gasteiger partial charge in [-0.05, 0) is 44.0 Å². The molecule has 1 aliphatic heterocycles. The molecule has 1 saturated heterocycles. The summed E-state index contributed by atoms with van der Waals surface area (Å²) in [6, 6.07) is 8.32. The van der Waals surface area contributed by atoms with E-state index in [1.54, 1.807) is 6.92 Å². The summed E-state index contributed by atoms with van der Waals surface area (Å²) in [7, 11) is 2.13. The molecule has 1 fully saturated rings. The molecule has 1 aromatic rings. The summed E-state index contributed by atoms with van der Waals surface area (Å²) in [6.45, 7) is 3.38. The molecule has 0 aromatic heterocycles. The third-order valence-electron chi connectivity index (χ3n) is 3.75. The average Bonchev–Trinajstić information content (AvgIpc) is 2.71. The zero-order valence-electron chi connectivity index (χ0n) is 10.6. The molecule has 0 amide bonds. The van der Waals surface area contributed by atoms with Crippen LogP contribution in [0.4, 0.5) is 4.39 Å². The van der Waals surface area contributed by atoms with Gasteiger partial charge in [-0.15, -0.1) is 0 Å². The zero-order valence-corrected chi connectivity index (χ0v) is 10.6. The zero-order chi connectivity index (χ0) is 12.4. The molecule has 0 aliphatic carbocycles. The Balaban J connectivity index is 2.12. The van der Waals surface area contributed by atoms with Crippen LogP contribution in [-0.4, -0.2) is 25.0 Å². The lowest BCUT2D eigenvalue weighted by Crippen LogP contribution is -2.20. The van der Waals surface area contributed by atoms with Crippen molar-refractivity contribution in [3.8, 4) is 0 Å². The largest absolute Gasteiger partial charge is 0.330 e. The topological polar surface area (TPSA) is 29.3 Å². The lowest BCUT2D eigenvalue weighted by Gasteiger charge is -2.19. The second-order valence-corrected chi connectivity index (χ2v) is 5.08. The van der Waals surface area contributed by atoms with Gasteiger partial charge in [0, 0.05) is 12.6 Å². The first kappa shape index (κ1) is 12.5. The predicted molar refractivity (Wildman–Crippen MR) is 68.5 cm³/mol. The summed E-state index contributed by atoms with van der Waals surface area (Å²) >= 11 is 0. The lowest BCUT2D eigenvalue weighted by atomic mass is 9.98. The minimum absolute atomic E-state index is 0.438. The van der Waals surface area contributed by atoms with Crippen molar-refractivity contribution < 1.29 is 4.39 Å². The summed E-state index contributed by atoms with van der Waals surface area (Å²) in [6.07, 6.45) is 0.222. The summed E-state index contributed by atoms with van der Waals surface area (Å²) in [5.41, 5.74) is 7.75. The Bertz CT molecular complexity index is 361. The van der Waals surface area contributed by atoms with Crippen LogP contribution in [0.5, 0.6) is 0 Å². The number of nitrogens with zero attached hydrogens (tertiary/aromatic N) is 1. The van der Waals surface area contributed by atoms with E-state index in [2.05, 4.69) is 11.9 Å². The van der Waals surface area contributed by atoms with Gasteiger partial charge in [-0.2, -0.15) is 0 Å². The SMILES string of the molecule is CC(F)c1ccc(C2CC(CN)CN2C)cc1. The van der Waals surface area contributed by atoms with Gasteiger partial charge in [-0.1, -0.05) is 24.3 Å². The Morgan fingerprint density at radius 1 is 1.41 bits per heavy atom. The monoisotopic (exact) mass is 236 g/mol. The van der Waals surface area contributed by atoms with Gasteiger partial charge in [0.1, 0.15) is 6.17 Å². The van der Waals surface area contributed by atoms with Crippen molar-refractivity contribution in [3.63, 3.8) is 0 Å². The Kier molecular flexibility index (Phi) is 3.79. The first-order valence-electron chi connectivity index (χ1n) is 6.26. The van der Waals surface area contributed by atoms with E-state index < -0.39 is 6.17 Å². The van der Waals surface area contributed by atoms with Crippen LogP contribution in [0.2, 0.25) is 0 Å². The highest BCUT2D eigenvalue weighted by molar-refractivity contribution is 5.27. The number of halogens is 1. The Morgan fingerprint density at radius 2 is 2.06 bits per heavy atom. The number of likely N-dealkylation sites (tertiary alicyclic amines) is 1. The van der Waals surface area contributed by atoms with E-state index in [4.69, 9.17) is 5.73 Å². The maximum absolute atomic E-state index is 13.1. The van der Waals surface area contributed by atoms with Gasteiger partial charge in [0.25, 0.3) is 0 Å². The average molecular weight is 236 g/mol. The number of hydrogen-bond acceptors (Lipinski definition) is 2. The van der Waals surface area contributed by atoms with Gasteiger partial charge in [-0.3, -0.25) is 4.90 Å². The molecule has 2 rings (SSSR count). The van der Waals surface area contributed by atoms with E-state index in [1.807, 2.05) is 24.3 Å². The molecule has 2 N–H and O–H groups in total. The van der Waals surface area contributed by atoms with Crippen molar-refractivity contribution in [2.24, 2.45) is 11.7 Å². The number of hydrogen-bond donors (Lipinski definition) is 1. The van der Waals surface area contributed by atoms with Crippen LogP contribution < -0.4 is 5.73 Å². The van der Waals surface area contributed by atoms with Gasteiger partial charge >= 0.3 is 0 Å². The fourth-order valence-electron chi connectivity index (χ4n) is 2.65. The van der Waals surface area contributed by atoms with Gasteiger partial charge in [0.2, 0.25) is 0 Å². The van der Waals surface area contributed by atoms with Crippen LogP contribution >= 0.6 is 0 Å². The number of nitrogens with two attached hydrogens (primary N) is 1. The quantitative estimate of drug-likeness (QED) is 0.874. The maximum Gasteiger partial charge on any atom is 0.122 e. The standard InChI is InChI=1S/C14H21FN2/c1-10(15)12-3-5-13(6-4-12)14-7-11(8-16)9-17(14)2/h3-6,10-11,14H,7-9,16H2,1-2H3. The fraction of sp³-hybridized carbons (Fsp3) is 0.571. The number of rotatable bonds is 3. The van der Waals surface area contributed by atoms with E-state index in [-0.39, 0.29) is 0 Å². The molecule has 0 saturated carbocycles. The molecule has 0 spiro atoms. The summed E-state index contributed by atoms with van der Waals surface area (Å²) < 4.78 is 13.1. The first-order chi connectivity index (χ1) is 8.11. The van der Waals surface area contributed by atoms with Crippen molar-refractivity contribution in [1.29, 1.82) is 0 Å². The molecule has 1 heterocycles. The molecule has 0 bridgehead atoms. The number of benzene rings is 1. The highest BCUT2D eigenvalue weighted by Gasteiger charge is 2.29. The van der Waals surface area contributed by atoms with Gasteiger partial charge in [-0.25, -0.2) is 4.39 Å². The molecule has 3 heteroatoms. The highest BCUT2D eigenvalue weighted by Crippen LogP contribution is 2.34. The third-order valence-corrected chi connectivity index (χ3v) is 3.75. The van der Waals surface area contributed by atoms with Crippen molar-refractivity contribution in [1.82, 2.24) is 4.90 Å². The van der Waals surface area contributed by atoms with Crippen LogP contribution in [0.1, 0.15) is 36.7 Å². The minimum atomic E-state index is -0.887. The van der Waals surface area contributed by atoms with Crippen LogP contribution in [0.15, 0.2) is 24.3 Å². The van der Waals surface area contributed by atoms with E-state index in [9.17, 15) is 4.39 Å². The second kappa shape index (κ2) is 5.15. The predicted octanol–water partition coefficient (Wildman–Crippen LogP) is 2.67. The Labute approximate surface area is 103 Å². The summed E-state index contributed by atoms with van der Waals surface area (Å²) in [5.74, 6) is 0.588. The molecule has 3 atom stereocenters. The van der Waals surface area contributed by atoms with Crippen LogP contribution in [0.3, 0.4) is 0 Å². The highest BCUT2D eigenvalue weighted by atomic mass is 19.1. The fourth-order valence-corrected chi connectivity index (χ4v) is 2.65. The minimum Gasteiger partial charge on any atom is -0.330 e. The van der Waals surface area contributed by atoms with Gasteiger partial charge in [0.05, 0.1) is 0 Å². The molecular formula is C14H21FN2. The van der Waals surface area contributed by atoms with Crippen molar-refractivity contribution in [2.75, 3.05) is 20.1 Å². The van der Waals surface area contributed by atoms with E-state index >= 15 is 0 Å². The van der Waals surface area contributed by atoms with E-state index in [0.29, 0.717) is 12.0 Å². The molecule has 1 aromatic carbocycles. The summed E-state index contributed by atoms with van der Waals surface area (Å²) in [5, 5.41) is 0. The molecule has 2 nitrogen and oxygen atoms in total. The van der Waals surface area contributed by atoms with Crippen LogP contribution in [0.25, 0.3) is 0 Å². The second-order valence-electron chi connectivity index (χ2n) is 5.08. The smallest absolute Gasteiger partial charge is 0.122 e. The molecule has 1 aliphatic rings. The summed E-state index contributed by atoms with van der Waals surface area (Å²) in [4.78, 5) is 2.34. The van der Waals surface area contributed by atoms with Crippen LogP contribution in [0, 0.1) is 5.92 Å². The first-order valence-corrected chi connectivity index (χ1v) is 6.26. The Morgan fingerprint density at radius 3 is 2.53 bits per heavy atom. The maximum atomic E-state index is 13.1. The lowest BCUT2D eigenvalue weighted by molar-refractivity contribution is 0.313.